The van der Waals surface area contributed by atoms with Crippen molar-refractivity contribution < 1.29 is 14.6 Å². The summed E-state index contributed by atoms with van der Waals surface area (Å²) in [6.45, 7) is 3.63. The van der Waals surface area contributed by atoms with Crippen LogP contribution in [-0.4, -0.2) is 12.6 Å². The van der Waals surface area contributed by atoms with Gasteiger partial charge in [0.2, 0.25) is 0 Å². The Hall–Kier alpha value is -0.900. The van der Waals surface area contributed by atoms with Gasteiger partial charge in [-0.15, -0.1) is 0 Å². The van der Waals surface area contributed by atoms with E-state index < -0.39 is 12.6 Å². The van der Waals surface area contributed by atoms with E-state index in [1.807, 2.05) is 30.3 Å². The standard InChI is InChI=1S/C11H15O3/c1-9(12)14-10(2)13-8-11-6-4-3-5-7-11/h3-7,9-10H,8H2,1-2H3. The molecule has 14 heavy (non-hydrogen) atoms. The molecular weight excluding hydrogens is 180 g/mol. The molecule has 0 N–H and O–H groups in total. The topological polar surface area (TPSA) is 38.4 Å². The predicted octanol–water partition coefficient (Wildman–Crippen LogP) is 2.34. The maximum Gasteiger partial charge on any atom is 0.191 e. The molecule has 0 aromatic heterocycles. The summed E-state index contributed by atoms with van der Waals surface area (Å²) < 4.78 is 10.2. The monoisotopic (exact) mass is 195 g/mol. The Kier molecular flexibility index (Phi) is 4.59. The molecule has 77 valence electrons. The fourth-order valence-corrected chi connectivity index (χ4v) is 1.10. The van der Waals surface area contributed by atoms with Gasteiger partial charge in [0, 0.05) is 0 Å². The largest absolute Gasteiger partial charge is 0.348 e. The molecule has 0 aliphatic carbocycles. The zero-order valence-corrected chi connectivity index (χ0v) is 8.47. The maximum absolute atomic E-state index is 10.6. The molecule has 0 heterocycles. The SMILES string of the molecule is CC([O])OC(C)OCc1ccccc1. The van der Waals surface area contributed by atoms with Crippen LogP contribution < -0.4 is 0 Å². The zero-order chi connectivity index (χ0) is 10.4. The van der Waals surface area contributed by atoms with Gasteiger partial charge in [-0.05, 0) is 19.4 Å². The van der Waals surface area contributed by atoms with E-state index in [0.29, 0.717) is 6.61 Å². The van der Waals surface area contributed by atoms with Crippen molar-refractivity contribution in [1.29, 1.82) is 0 Å². The molecule has 0 saturated heterocycles. The third kappa shape index (κ3) is 4.37. The third-order valence-electron chi connectivity index (χ3n) is 1.71. The molecule has 0 fully saturated rings. The molecule has 1 rings (SSSR count). The van der Waals surface area contributed by atoms with Gasteiger partial charge in [0.1, 0.15) is 0 Å². The summed E-state index contributed by atoms with van der Waals surface area (Å²) in [5, 5.41) is 10.6. The Morgan fingerprint density at radius 2 is 1.86 bits per heavy atom. The molecular formula is C11H15O3. The summed E-state index contributed by atoms with van der Waals surface area (Å²) in [4.78, 5) is 0. The predicted molar refractivity (Wildman–Crippen MR) is 51.9 cm³/mol. The van der Waals surface area contributed by atoms with Gasteiger partial charge >= 0.3 is 0 Å². The van der Waals surface area contributed by atoms with E-state index in [1.165, 1.54) is 6.92 Å². The van der Waals surface area contributed by atoms with E-state index in [4.69, 9.17) is 9.47 Å². The number of benzene rings is 1. The lowest BCUT2D eigenvalue weighted by Crippen LogP contribution is -2.18. The molecule has 0 amide bonds. The molecule has 0 aliphatic heterocycles. The lowest BCUT2D eigenvalue weighted by molar-refractivity contribution is -0.236. The summed E-state index contributed by atoms with van der Waals surface area (Å²) in [6, 6.07) is 9.77. The summed E-state index contributed by atoms with van der Waals surface area (Å²) in [6.07, 6.45) is -1.50. The van der Waals surface area contributed by atoms with Crippen LogP contribution in [0.25, 0.3) is 0 Å². The molecule has 1 radical (unpaired) electrons. The van der Waals surface area contributed by atoms with Crippen molar-refractivity contribution in [1.82, 2.24) is 0 Å². The first-order chi connectivity index (χ1) is 6.68. The second kappa shape index (κ2) is 5.75. The van der Waals surface area contributed by atoms with E-state index in [-0.39, 0.29) is 0 Å². The molecule has 2 unspecified atom stereocenters. The van der Waals surface area contributed by atoms with Gasteiger partial charge in [-0.2, -0.15) is 0 Å². The molecule has 0 saturated carbocycles. The van der Waals surface area contributed by atoms with E-state index >= 15 is 0 Å². The van der Waals surface area contributed by atoms with Crippen molar-refractivity contribution in [3.8, 4) is 0 Å². The Morgan fingerprint density at radius 1 is 1.21 bits per heavy atom. The smallest absolute Gasteiger partial charge is 0.191 e. The van der Waals surface area contributed by atoms with Crippen LogP contribution in [0.2, 0.25) is 0 Å². The van der Waals surface area contributed by atoms with Crippen LogP contribution in [0.4, 0.5) is 0 Å². The second-order valence-electron chi connectivity index (χ2n) is 3.07. The highest BCUT2D eigenvalue weighted by molar-refractivity contribution is 5.13. The summed E-state index contributed by atoms with van der Waals surface area (Å²) >= 11 is 0. The normalized spacial score (nSPS) is 15.1. The first-order valence-corrected chi connectivity index (χ1v) is 4.65. The quantitative estimate of drug-likeness (QED) is 0.676. The van der Waals surface area contributed by atoms with Crippen LogP contribution in [0, 0.1) is 0 Å². The van der Waals surface area contributed by atoms with Crippen molar-refractivity contribution in [3.05, 3.63) is 35.9 Å². The highest BCUT2D eigenvalue weighted by atomic mass is 16.7. The van der Waals surface area contributed by atoms with Gasteiger partial charge in [0.25, 0.3) is 0 Å². The molecule has 0 spiro atoms. The van der Waals surface area contributed by atoms with Crippen molar-refractivity contribution in [3.63, 3.8) is 0 Å². The highest BCUT2D eigenvalue weighted by Crippen LogP contribution is 2.05. The van der Waals surface area contributed by atoms with E-state index in [0.717, 1.165) is 5.56 Å². The van der Waals surface area contributed by atoms with Gasteiger partial charge in [0.05, 0.1) is 6.61 Å². The molecule has 1 aromatic rings. The van der Waals surface area contributed by atoms with Crippen LogP contribution in [0.5, 0.6) is 0 Å². The molecule has 3 nitrogen and oxygen atoms in total. The molecule has 2 atom stereocenters. The van der Waals surface area contributed by atoms with Gasteiger partial charge in [-0.1, -0.05) is 30.3 Å². The van der Waals surface area contributed by atoms with Gasteiger partial charge in [0.15, 0.2) is 12.6 Å². The number of hydrogen-bond acceptors (Lipinski definition) is 2. The molecule has 3 heteroatoms. The van der Waals surface area contributed by atoms with Crippen LogP contribution in [0.3, 0.4) is 0 Å². The maximum atomic E-state index is 10.6. The van der Waals surface area contributed by atoms with Crippen LogP contribution in [0.15, 0.2) is 30.3 Å². The minimum absolute atomic E-state index is 0.456. The Balaban J connectivity index is 2.27. The fraction of sp³-hybridized carbons (Fsp3) is 0.455. The van der Waals surface area contributed by atoms with Crippen molar-refractivity contribution in [2.75, 3.05) is 0 Å². The van der Waals surface area contributed by atoms with E-state index in [2.05, 4.69) is 0 Å². The van der Waals surface area contributed by atoms with Gasteiger partial charge in [-0.25, -0.2) is 5.11 Å². The fourth-order valence-electron chi connectivity index (χ4n) is 1.10. The Bertz CT molecular complexity index is 246. The summed E-state index contributed by atoms with van der Waals surface area (Å²) in [5.41, 5.74) is 1.07. The lowest BCUT2D eigenvalue weighted by atomic mass is 10.2. The molecule has 0 aliphatic rings. The van der Waals surface area contributed by atoms with Crippen molar-refractivity contribution in [2.45, 2.75) is 33.0 Å². The van der Waals surface area contributed by atoms with Crippen LogP contribution in [0.1, 0.15) is 19.4 Å². The highest BCUT2D eigenvalue weighted by Gasteiger charge is 2.06. The lowest BCUT2D eigenvalue weighted by Gasteiger charge is -2.14. The van der Waals surface area contributed by atoms with Gasteiger partial charge < -0.3 is 9.47 Å². The number of rotatable bonds is 5. The number of ether oxygens (including phenoxy) is 2. The van der Waals surface area contributed by atoms with E-state index in [1.54, 1.807) is 6.92 Å². The van der Waals surface area contributed by atoms with Crippen molar-refractivity contribution >= 4 is 0 Å². The van der Waals surface area contributed by atoms with E-state index in [9.17, 15) is 5.11 Å². The van der Waals surface area contributed by atoms with Crippen LogP contribution in [-0.2, 0) is 21.2 Å². The Morgan fingerprint density at radius 3 is 2.43 bits per heavy atom. The minimum atomic E-state index is -1.04. The summed E-state index contributed by atoms with van der Waals surface area (Å²) in [7, 11) is 0. The molecule has 0 bridgehead atoms. The molecule has 1 aromatic carbocycles. The summed E-state index contributed by atoms with van der Waals surface area (Å²) in [5.74, 6) is 0. The third-order valence-corrected chi connectivity index (χ3v) is 1.71. The average molecular weight is 195 g/mol. The first-order valence-electron chi connectivity index (χ1n) is 4.65. The minimum Gasteiger partial charge on any atom is -0.348 e. The second-order valence-corrected chi connectivity index (χ2v) is 3.07. The van der Waals surface area contributed by atoms with Crippen LogP contribution >= 0.6 is 0 Å². The number of hydrogen-bond donors (Lipinski definition) is 0. The first kappa shape index (κ1) is 11.2. The van der Waals surface area contributed by atoms with Crippen molar-refractivity contribution in [2.24, 2.45) is 0 Å². The van der Waals surface area contributed by atoms with Gasteiger partial charge in [-0.3, -0.25) is 0 Å². The Labute approximate surface area is 84.3 Å². The average Bonchev–Trinajstić information content (AvgIpc) is 2.15. The zero-order valence-electron chi connectivity index (χ0n) is 8.47.